The van der Waals surface area contributed by atoms with Gasteiger partial charge in [-0.3, -0.25) is 4.79 Å². The van der Waals surface area contributed by atoms with Gasteiger partial charge in [-0.1, -0.05) is 26.0 Å². The van der Waals surface area contributed by atoms with E-state index in [4.69, 9.17) is 0 Å². The summed E-state index contributed by atoms with van der Waals surface area (Å²) in [6.45, 7) is 6.20. The van der Waals surface area contributed by atoms with Crippen molar-refractivity contribution in [1.29, 1.82) is 0 Å². The van der Waals surface area contributed by atoms with Gasteiger partial charge < -0.3 is 4.90 Å². The number of halogens is 1. The number of carbonyl (C=O) groups is 1. The second kappa shape index (κ2) is 5.21. The summed E-state index contributed by atoms with van der Waals surface area (Å²) in [6, 6.07) is 7.65. The normalized spacial score (nSPS) is 24.8. The average molecular weight is 296 g/mol. The Balaban J connectivity index is 2.17. The first-order valence-electron chi connectivity index (χ1n) is 6.11. The number of nitrogens with zero attached hydrogens (tertiary/aromatic N) is 1. The summed E-state index contributed by atoms with van der Waals surface area (Å²) in [5, 5.41) is 0. The standard InChI is InChI=1S/C14H18BrNO/c1-10-7-11(2)9-16(8-10)14(17)12-5-3-4-6-13(12)15/h3-6,10-11H,7-9H2,1-2H3/t10-,11-/m1/s1. The molecule has 0 radical (unpaired) electrons. The van der Waals surface area contributed by atoms with E-state index in [1.165, 1.54) is 6.42 Å². The smallest absolute Gasteiger partial charge is 0.255 e. The lowest BCUT2D eigenvalue weighted by Gasteiger charge is -2.35. The number of hydrogen-bond acceptors (Lipinski definition) is 1. The summed E-state index contributed by atoms with van der Waals surface area (Å²) in [7, 11) is 0. The lowest BCUT2D eigenvalue weighted by molar-refractivity contribution is 0.0622. The molecule has 0 aromatic heterocycles. The molecular weight excluding hydrogens is 278 g/mol. The van der Waals surface area contributed by atoms with Crippen LogP contribution in [0.1, 0.15) is 30.6 Å². The molecule has 0 spiro atoms. The Bertz CT molecular complexity index is 408. The molecule has 0 saturated carbocycles. The molecule has 1 saturated heterocycles. The van der Waals surface area contributed by atoms with Gasteiger partial charge in [-0.25, -0.2) is 0 Å². The first-order valence-corrected chi connectivity index (χ1v) is 6.91. The van der Waals surface area contributed by atoms with Crippen LogP contribution in [-0.4, -0.2) is 23.9 Å². The molecular formula is C14H18BrNO. The molecule has 1 fully saturated rings. The molecule has 3 heteroatoms. The van der Waals surface area contributed by atoms with E-state index in [-0.39, 0.29) is 5.91 Å². The summed E-state index contributed by atoms with van der Waals surface area (Å²) in [4.78, 5) is 14.4. The van der Waals surface area contributed by atoms with Crippen LogP contribution in [-0.2, 0) is 0 Å². The molecule has 1 aromatic carbocycles. The Morgan fingerprint density at radius 2 is 1.82 bits per heavy atom. The van der Waals surface area contributed by atoms with Crippen LogP contribution in [0.5, 0.6) is 0 Å². The van der Waals surface area contributed by atoms with Crippen molar-refractivity contribution in [2.45, 2.75) is 20.3 Å². The minimum atomic E-state index is 0.149. The second-order valence-corrected chi connectivity index (χ2v) is 5.99. The fraction of sp³-hybridized carbons (Fsp3) is 0.500. The van der Waals surface area contributed by atoms with Crippen molar-refractivity contribution in [3.63, 3.8) is 0 Å². The Morgan fingerprint density at radius 1 is 1.24 bits per heavy atom. The maximum Gasteiger partial charge on any atom is 0.255 e. The van der Waals surface area contributed by atoms with Crippen molar-refractivity contribution in [2.75, 3.05) is 13.1 Å². The van der Waals surface area contributed by atoms with Gasteiger partial charge in [0, 0.05) is 17.6 Å². The van der Waals surface area contributed by atoms with Gasteiger partial charge in [-0.15, -0.1) is 0 Å². The highest BCUT2D eigenvalue weighted by molar-refractivity contribution is 9.10. The maximum atomic E-state index is 12.4. The number of benzene rings is 1. The first kappa shape index (κ1) is 12.6. The molecule has 0 unspecified atom stereocenters. The molecule has 1 aliphatic rings. The lowest BCUT2D eigenvalue weighted by Crippen LogP contribution is -2.42. The monoisotopic (exact) mass is 295 g/mol. The minimum absolute atomic E-state index is 0.149. The Hall–Kier alpha value is -0.830. The molecule has 1 heterocycles. The van der Waals surface area contributed by atoms with E-state index in [2.05, 4.69) is 29.8 Å². The van der Waals surface area contributed by atoms with Gasteiger partial charge in [0.05, 0.1) is 5.56 Å². The predicted octanol–water partition coefficient (Wildman–Crippen LogP) is 3.57. The highest BCUT2D eigenvalue weighted by Crippen LogP contribution is 2.24. The predicted molar refractivity (Wildman–Crippen MR) is 73.0 cm³/mol. The van der Waals surface area contributed by atoms with Crippen LogP contribution in [0.4, 0.5) is 0 Å². The lowest BCUT2D eigenvalue weighted by atomic mass is 9.91. The van der Waals surface area contributed by atoms with E-state index in [1.807, 2.05) is 29.2 Å². The molecule has 2 nitrogen and oxygen atoms in total. The van der Waals surface area contributed by atoms with Crippen LogP contribution < -0.4 is 0 Å². The van der Waals surface area contributed by atoms with Gasteiger partial charge in [0.25, 0.3) is 5.91 Å². The quantitative estimate of drug-likeness (QED) is 0.776. The van der Waals surface area contributed by atoms with Gasteiger partial charge >= 0.3 is 0 Å². The van der Waals surface area contributed by atoms with Gasteiger partial charge in [-0.05, 0) is 46.3 Å². The molecule has 0 aliphatic carbocycles. The van der Waals surface area contributed by atoms with Gasteiger partial charge in [0.2, 0.25) is 0 Å². The third-order valence-corrected chi connectivity index (χ3v) is 3.95. The highest BCUT2D eigenvalue weighted by Gasteiger charge is 2.26. The van der Waals surface area contributed by atoms with Crippen LogP contribution >= 0.6 is 15.9 Å². The zero-order chi connectivity index (χ0) is 12.4. The Labute approximate surface area is 111 Å². The third-order valence-electron chi connectivity index (χ3n) is 3.26. The molecule has 1 amide bonds. The Kier molecular flexibility index (Phi) is 3.87. The van der Waals surface area contributed by atoms with Crippen LogP contribution in [0.25, 0.3) is 0 Å². The van der Waals surface area contributed by atoms with Gasteiger partial charge in [0.1, 0.15) is 0 Å². The molecule has 1 aromatic rings. The SMILES string of the molecule is C[C@@H]1C[C@@H](C)CN(C(=O)c2ccccc2Br)C1. The summed E-state index contributed by atoms with van der Waals surface area (Å²) >= 11 is 3.45. The summed E-state index contributed by atoms with van der Waals surface area (Å²) < 4.78 is 0.885. The van der Waals surface area contributed by atoms with Gasteiger partial charge in [-0.2, -0.15) is 0 Å². The second-order valence-electron chi connectivity index (χ2n) is 5.14. The molecule has 1 aliphatic heterocycles. The van der Waals surface area contributed by atoms with Crippen molar-refractivity contribution in [1.82, 2.24) is 4.90 Å². The average Bonchev–Trinajstić information content (AvgIpc) is 2.27. The third kappa shape index (κ3) is 2.89. The topological polar surface area (TPSA) is 20.3 Å². The van der Waals surface area contributed by atoms with Crippen LogP contribution in [0.3, 0.4) is 0 Å². The van der Waals surface area contributed by atoms with Crippen molar-refractivity contribution >= 4 is 21.8 Å². The fourth-order valence-corrected chi connectivity index (χ4v) is 3.09. The summed E-state index contributed by atoms with van der Waals surface area (Å²) in [6.07, 6.45) is 1.22. The van der Waals surface area contributed by atoms with E-state index in [1.54, 1.807) is 0 Å². The number of hydrogen-bond donors (Lipinski definition) is 0. The fourth-order valence-electron chi connectivity index (χ4n) is 2.63. The highest BCUT2D eigenvalue weighted by atomic mass is 79.9. The molecule has 17 heavy (non-hydrogen) atoms. The van der Waals surface area contributed by atoms with Crippen molar-refractivity contribution in [2.24, 2.45) is 11.8 Å². The van der Waals surface area contributed by atoms with Crippen molar-refractivity contribution < 1.29 is 4.79 Å². The Morgan fingerprint density at radius 3 is 2.41 bits per heavy atom. The number of piperidine rings is 1. The number of rotatable bonds is 1. The molecule has 0 bridgehead atoms. The number of likely N-dealkylation sites (tertiary alicyclic amines) is 1. The van der Waals surface area contributed by atoms with E-state index in [9.17, 15) is 4.79 Å². The van der Waals surface area contributed by atoms with Crippen LogP contribution in [0.2, 0.25) is 0 Å². The molecule has 2 rings (SSSR count). The molecule has 2 atom stereocenters. The van der Waals surface area contributed by atoms with Crippen LogP contribution in [0, 0.1) is 11.8 Å². The maximum absolute atomic E-state index is 12.4. The molecule has 92 valence electrons. The van der Waals surface area contributed by atoms with Crippen LogP contribution in [0.15, 0.2) is 28.7 Å². The molecule has 0 N–H and O–H groups in total. The number of carbonyl (C=O) groups excluding carboxylic acids is 1. The van der Waals surface area contributed by atoms with Gasteiger partial charge in [0.15, 0.2) is 0 Å². The summed E-state index contributed by atoms with van der Waals surface area (Å²) in [5.41, 5.74) is 0.772. The zero-order valence-electron chi connectivity index (χ0n) is 10.3. The van der Waals surface area contributed by atoms with E-state index < -0.39 is 0 Å². The van der Waals surface area contributed by atoms with Crippen molar-refractivity contribution in [3.05, 3.63) is 34.3 Å². The van der Waals surface area contributed by atoms with E-state index >= 15 is 0 Å². The van der Waals surface area contributed by atoms with Crippen molar-refractivity contribution in [3.8, 4) is 0 Å². The minimum Gasteiger partial charge on any atom is -0.338 e. The van der Waals surface area contributed by atoms with E-state index in [0.29, 0.717) is 11.8 Å². The number of amides is 1. The van der Waals surface area contributed by atoms with E-state index in [0.717, 1.165) is 23.1 Å². The summed E-state index contributed by atoms with van der Waals surface area (Å²) in [5.74, 6) is 1.35. The largest absolute Gasteiger partial charge is 0.338 e. The first-order chi connectivity index (χ1) is 8.08. The zero-order valence-corrected chi connectivity index (χ0v) is 11.9.